The van der Waals surface area contributed by atoms with Gasteiger partial charge in [-0.2, -0.15) is 5.26 Å². The molecule has 0 aromatic heterocycles. The van der Waals surface area contributed by atoms with Gasteiger partial charge < -0.3 is 10.2 Å². The van der Waals surface area contributed by atoms with E-state index in [0.29, 0.717) is 25.6 Å². The number of carbonyl (C=O) groups excluding carboxylic acids is 2. The molecule has 0 bridgehead atoms. The number of likely N-dealkylation sites (tertiary alicyclic amines) is 1. The molecule has 0 saturated carbocycles. The molecule has 5 nitrogen and oxygen atoms in total. The van der Waals surface area contributed by atoms with Gasteiger partial charge in [-0.1, -0.05) is 17.7 Å². The molecule has 0 spiro atoms. The summed E-state index contributed by atoms with van der Waals surface area (Å²) in [7, 11) is 0. The summed E-state index contributed by atoms with van der Waals surface area (Å²) in [5.41, 5.74) is 1.82. The Morgan fingerprint density at radius 2 is 2.09 bits per heavy atom. The van der Waals surface area contributed by atoms with Gasteiger partial charge in [0.05, 0.1) is 6.07 Å². The number of piperidine rings is 1. The highest BCUT2D eigenvalue weighted by Gasteiger charge is 2.23. The van der Waals surface area contributed by atoms with Gasteiger partial charge >= 0.3 is 0 Å². The van der Waals surface area contributed by atoms with Gasteiger partial charge in [-0.15, -0.1) is 0 Å². The Kier molecular flexibility index (Phi) is 5.54. The van der Waals surface area contributed by atoms with Crippen molar-refractivity contribution in [1.29, 1.82) is 5.26 Å². The van der Waals surface area contributed by atoms with E-state index < -0.39 is 0 Å². The van der Waals surface area contributed by atoms with Crippen LogP contribution in [0.1, 0.15) is 35.2 Å². The molecule has 0 unspecified atom stereocenters. The third-order valence-corrected chi connectivity index (χ3v) is 3.99. The average Bonchev–Trinajstić information content (AvgIpc) is 2.53. The van der Waals surface area contributed by atoms with Gasteiger partial charge in [0.1, 0.15) is 6.42 Å². The lowest BCUT2D eigenvalue weighted by molar-refractivity contribution is -0.120. The number of hydrogen-bond acceptors (Lipinski definition) is 3. The van der Waals surface area contributed by atoms with E-state index in [-0.39, 0.29) is 18.2 Å². The van der Waals surface area contributed by atoms with Crippen molar-refractivity contribution in [2.75, 3.05) is 19.6 Å². The molecule has 0 radical (unpaired) electrons. The summed E-state index contributed by atoms with van der Waals surface area (Å²) in [4.78, 5) is 25.6. The predicted octanol–water partition coefficient (Wildman–Crippen LogP) is 1.88. The summed E-state index contributed by atoms with van der Waals surface area (Å²) in [6, 6.07) is 9.48. The van der Waals surface area contributed by atoms with Crippen molar-refractivity contribution in [3.63, 3.8) is 0 Å². The molecule has 0 aliphatic carbocycles. The normalized spacial score (nSPS) is 15.2. The minimum absolute atomic E-state index is 0.0793. The lowest BCUT2D eigenvalue weighted by atomic mass is 9.96. The number of nitriles is 1. The first kappa shape index (κ1) is 16.0. The molecule has 2 amide bonds. The lowest BCUT2D eigenvalue weighted by Gasteiger charge is -2.32. The summed E-state index contributed by atoms with van der Waals surface area (Å²) < 4.78 is 0. The lowest BCUT2D eigenvalue weighted by Crippen LogP contribution is -2.41. The van der Waals surface area contributed by atoms with Gasteiger partial charge in [0.25, 0.3) is 5.91 Å². The number of aryl methyl sites for hydroxylation is 1. The van der Waals surface area contributed by atoms with E-state index in [9.17, 15) is 9.59 Å². The minimum atomic E-state index is -0.222. The fourth-order valence-electron chi connectivity index (χ4n) is 2.69. The van der Waals surface area contributed by atoms with Crippen molar-refractivity contribution in [2.24, 2.45) is 5.92 Å². The molecule has 1 saturated heterocycles. The second-order valence-electron chi connectivity index (χ2n) is 5.74. The third kappa shape index (κ3) is 4.32. The molecular formula is C17H21N3O2. The zero-order chi connectivity index (χ0) is 15.9. The van der Waals surface area contributed by atoms with Crippen molar-refractivity contribution >= 4 is 11.8 Å². The predicted molar refractivity (Wildman–Crippen MR) is 83.0 cm³/mol. The molecular weight excluding hydrogens is 278 g/mol. The maximum Gasteiger partial charge on any atom is 0.253 e. The molecule has 116 valence electrons. The molecule has 5 heteroatoms. The fraction of sp³-hybridized carbons (Fsp3) is 0.471. The van der Waals surface area contributed by atoms with E-state index in [2.05, 4.69) is 5.32 Å². The third-order valence-electron chi connectivity index (χ3n) is 3.99. The number of hydrogen-bond donors (Lipinski definition) is 1. The summed E-state index contributed by atoms with van der Waals surface area (Å²) in [6.45, 7) is 4.00. The van der Waals surface area contributed by atoms with Crippen LogP contribution in [0.4, 0.5) is 0 Å². The molecule has 1 heterocycles. The topological polar surface area (TPSA) is 73.2 Å². The van der Waals surface area contributed by atoms with Crippen LogP contribution in [0.2, 0.25) is 0 Å². The number of benzene rings is 1. The molecule has 1 aliphatic heterocycles. The molecule has 22 heavy (non-hydrogen) atoms. The van der Waals surface area contributed by atoms with Crippen molar-refractivity contribution in [1.82, 2.24) is 10.2 Å². The van der Waals surface area contributed by atoms with E-state index in [1.807, 2.05) is 42.2 Å². The van der Waals surface area contributed by atoms with Gasteiger partial charge in [0.2, 0.25) is 5.91 Å². The fourth-order valence-corrected chi connectivity index (χ4v) is 2.69. The van der Waals surface area contributed by atoms with Crippen LogP contribution in [0.3, 0.4) is 0 Å². The first-order valence-corrected chi connectivity index (χ1v) is 7.59. The molecule has 1 N–H and O–H groups in total. The van der Waals surface area contributed by atoms with Gasteiger partial charge in [-0.25, -0.2) is 0 Å². The Balaban J connectivity index is 1.81. The highest BCUT2D eigenvalue weighted by atomic mass is 16.2. The van der Waals surface area contributed by atoms with Crippen LogP contribution in [0.25, 0.3) is 0 Å². The van der Waals surface area contributed by atoms with Crippen LogP contribution in [0.5, 0.6) is 0 Å². The van der Waals surface area contributed by atoms with Crippen LogP contribution in [0, 0.1) is 24.2 Å². The number of nitrogens with zero attached hydrogens (tertiary/aromatic N) is 2. The van der Waals surface area contributed by atoms with Crippen LogP contribution in [0.15, 0.2) is 24.3 Å². The first-order chi connectivity index (χ1) is 10.6. The van der Waals surface area contributed by atoms with Crippen LogP contribution >= 0.6 is 0 Å². The van der Waals surface area contributed by atoms with Gasteiger partial charge in [0.15, 0.2) is 0 Å². The minimum Gasteiger partial charge on any atom is -0.355 e. The van der Waals surface area contributed by atoms with Crippen molar-refractivity contribution in [3.05, 3.63) is 35.4 Å². The average molecular weight is 299 g/mol. The van der Waals surface area contributed by atoms with E-state index in [4.69, 9.17) is 5.26 Å². The summed E-state index contributed by atoms with van der Waals surface area (Å²) in [5, 5.41) is 11.2. The number of nitrogens with one attached hydrogen (secondary N) is 1. The van der Waals surface area contributed by atoms with E-state index >= 15 is 0 Å². The second kappa shape index (κ2) is 7.60. The molecule has 1 aliphatic rings. The molecule has 0 atom stereocenters. The monoisotopic (exact) mass is 299 g/mol. The standard InChI is InChI=1S/C17H21N3O2/c1-13-3-2-4-15(11-13)17(22)20-9-6-14(7-10-20)12-19-16(21)5-8-18/h2-4,11,14H,5-7,9-10,12H2,1H3,(H,19,21). The quantitative estimate of drug-likeness (QED) is 0.922. The van der Waals surface area contributed by atoms with E-state index in [1.54, 1.807) is 0 Å². The highest BCUT2D eigenvalue weighted by Crippen LogP contribution is 2.19. The SMILES string of the molecule is Cc1cccc(C(=O)N2CCC(CNC(=O)CC#N)CC2)c1. The Morgan fingerprint density at radius 1 is 1.36 bits per heavy atom. The molecule has 1 fully saturated rings. The van der Waals surface area contributed by atoms with Gasteiger partial charge in [-0.3, -0.25) is 9.59 Å². The summed E-state index contributed by atoms with van der Waals surface area (Å²) in [6.07, 6.45) is 1.67. The Bertz CT molecular complexity index is 584. The Labute approximate surface area is 130 Å². The first-order valence-electron chi connectivity index (χ1n) is 7.59. The van der Waals surface area contributed by atoms with E-state index in [0.717, 1.165) is 24.0 Å². The summed E-state index contributed by atoms with van der Waals surface area (Å²) >= 11 is 0. The van der Waals surface area contributed by atoms with Crippen molar-refractivity contribution in [2.45, 2.75) is 26.2 Å². The maximum absolute atomic E-state index is 12.4. The van der Waals surface area contributed by atoms with Gasteiger partial charge in [-0.05, 0) is 37.8 Å². The van der Waals surface area contributed by atoms with Crippen LogP contribution in [-0.2, 0) is 4.79 Å². The van der Waals surface area contributed by atoms with Crippen molar-refractivity contribution in [3.8, 4) is 6.07 Å². The van der Waals surface area contributed by atoms with Crippen molar-refractivity contribution < 1.29 is 9.59 Å². The van der Waals surface area contributed by atoms with Gasteiger partial charge in [0, 0.05) is 25.2 Å². The number of carbonyl (C=O) groups is 2. The van der Waals surface area contributed by atoms with Crippen LogP contribution < -0.4 is 5.32 Å². The second-order valence-corrected chi connectivity index (χ2v) is 5.74. The summed E-state index contributed by atoms with van der Waals surface area (Å²) in [5.74, 6) is 0.237. The Morgan fingerprint density at radius 3 is 2.73 bits per heavy atom. The van der Waals surface area contributed by atoms with E-state index in [1.165, 1.54) is 0 Å². The smallest absolute Gasteiger partial charge is 0.253 e. The number of rotatable bonds is 4. The Hall–Kier alpha value is -2.35. The highest BCUT2D eigenvalue weighted by molar-refractivity contribution is 5.94. The zero-order valence-corrected chi connectivity index (χ0v) is 12.8. The molecule has 2 rings (SSSR count). The number of amides is 2. The maximum atomic E-state index is 12.4. The van der Waals surface area contributed by atoms with Crippen LogP contribution in [-0.4, -0.2) is 36.3 Å². The zero-order valence-electron chi connectivity index (χ0n) is 12.8. The largest absolute Gasteiger partial charge is 0.355 e. The molecule has 1 aromatic carbocycles. The molecule has 1 aromatic rings.